The predicted octanol–water partition coefficient (Wildman–Crippen LogP) is 4.50. The number of benzene rings is 1. The van der Waals surface area contributed by atoms with Gasteiger partial charge in [0.25, 0.3) is 0 Å². The minimum absolute atomic E-state index is 0.111. The van der Waals surface area contributed by atoms with E-state index in [4.69, 9.17) is 23.2 Å². The minimum atomic E-state index is -0.714. The fourth-order valence-corrected chi connectivity index (χ4v) is 2.51. The Morgan fingerprint density at radius 2 is 2.05 bits per heavy atom. The molecule has 1 heterocycles. The molecular weight excluding hydrogens is 293 g/mol. The Hall–Kier alpha value is -1.13. The summed E-state index contributed by atoms with van der Waals surface area (Å²) in [4.78, 5) is 0. The van der Waals surface area contributed by atoms with E-state index in [-0.39, 0.29) is 16.7 Å². The van der Waals surface area contributed by atoms with Crippen LogP contribution < -0.4 is 0 Å². The van der Waals surface area contributed by atoms with Gasteiger partial charge in [0.1, 0.15) is 16.7 Å². The molecule has 0 spiro atoms. The quantitative estimate of drug-likeness (QED) is 0.761. The molecule has 0 atom stereocenters. The molecule has 0 aliphatic rings. The van der Waals surface area contributed by atoms with Crippen molar-refractivity contribution in [3.8, 4) is 5.69 Å². The first-order chi connectivity index (χ1) is 9.08. The molecule has 2 rings (SSSR count). The van der Waals surface area contributed by atoms with Gasteiger partial charge >= 0.3 is 0 Å². The number of aromatic nitrogens is 2. The van der Waals surface area contributed by atoms with Crippen molar-refractivity contribution in [2.24, 2.45) is 0 Å². The number of nitrogens with zero attached hydrogens (tertiary/aromatic N) is 2. The number of halogens is 4. The van der Waals surface area contributed by atoms with E-state index in [9.17, 15) is 8.78 Å². The summed E-state index contributed by atoms with van der Waals surface area (Å²) in [5, 5.41) is 4.54. The lowest BCUT2D eigenvalue weighted by atomic mass is 10.2. The van der Waals surface area contributed by atoms with Crippen LogP contribution in [0.15, 0.2) is 18.2 Å². The number of hydrogen-bond acceptors (Lipinski definition) is 1. The Labute approximate surface area is 119 Å². The third-order valence-corrected chi connectivity index (χ3v) is 3.42. The number of hydrogen-bond donors (Lipinski definition) is 0. The van der Waals surface area contributed by atoms with Crippen molar-refractivity contribution in [1.82, 2.24) is 9.78 Å². The largest absolute Gasteiger partial charge is 0.219 e. The van der Waals surface area contributed by atoms with E-state index >= 15 is 0 Å². The fraction of sp³-hybridized carbons (Fsp3) is 0.308. The van der Waals surface area contributed by atoms with Gasteiger partial charge in [-0.2, -0.15) is 5.10 Å². The van der Waals surface area contributed by atoms with Gasteiger partial charge in [0.05, 0.1) is 11.6 Å². The maximum absolute atomic E-state index is 13.8. The first kappa shape index (κ1) is 14.3. The highest BCUT2D eigenvalue weighted by molar-refractivity contribution is 6.31. The lowest BCUT2D eigenvalue weighted by Gasteiger charge is -2.04. The molecule has 0 amide bonds. The molecule has 2 nitrogen and oxygen atoms in total. The molecule has 0 unspecified atom stereocenters. The van der Waals surface area contributed by atoms with Crippen molar-refractivity contribution in [2.75, 3.05) is 0 Å². The van der Waals surface area contributed by atoms with Gasteiger partial charge in [-0.1, -0.05) is 24.9 Å². The average Bonchev–Trinajstić information content (AvgIpc) is 2.66. The zero-order valence-electron chi connectivity index (χ0n) is 10.3. The number of rotatable bonds is 4. The van der Waals surface area contributed by atoms with Gasteiger partial charge in [0.15, 0.2) is 5.82 Å². The van der Waals surface area contributed by atoms with Gasteiger partial charge in [-0.15, -0.1) is 11.6 Å². The molecule has 6 heteroatoms. The monoisotopic (exact) mass is 304 g/mol. The van der Waals surface area contributed by atoms with Crippen molar-refractivity contribution < 1.29 is 8.78 Å². The first-order valence-electron chi connectivity index (χ1n) is 5.86. The van der Waals surface area contributed by atoms with Crippen LogP contribution in [0.1, 0.15) is 24.6 Å². The Morgan fingerprint density at radius 1 is 1.32 bits per heavy atom. The smallest absolute Gasteiger partial charge is 0.151 e. The second-order valence-corrected chi connectivity index (χ2v) is 4.73. The van der Waals surface area contributed by atoms with Crippen LogP contribution in [0.3, 0.4) is 0 Å². The highest BCUT2D eigenvalue weighted by Crippen LogP contribution is 2.27. The summed E-state index contributed by atoms with van der Waals surface area (Å²) in [7, 11) is 0. The van der Waals surface area contributed by atoms with E-state index in [0.717, 1.165) is 24.2 Å². The van der Waals surface area contributed by atoms with Crippen LogP contribution in [0.25, 0.3) is 5.69 Å². The molecule has 1 aromatic carbocycles. The number of alkyl halides is 1. The van der Waals surface area contributed by atoms with Gasteiger partial charge in [-0.3, -0.25) is 0 Å². The Balaban J connectivity index is 2.56. The van der Waals surface area contributed by atoms with Crippen LogP contribution >= 0.6 is 23.2 Å². The van der Waals surface area contributed by atoms with Gasteiger partial charge in [0.2, 0.25) is 0 Å². The summed E-state index contributed by atoms with van der Waals surface area (Å²) in [5.74, 6) is -1.15. The molecule has 1 aromatic heterocycles. The minimum Gasteiger partial charge on any atom is -0.219 e. The lowest BCUT2D eigenvalue weighted by molar-refractivity contribution is 0.573. The summed E-state index contributed by atoms with van der Waals surface area (Å²) in [5.41, 5.74) is 1.54. The van der Waals surface area contributed by atoms with Crippen LogP contribution in [0.2, 0.25) is 5.15 Å². The summed E-state index contributed by atoms with van der Waals surface area (Å²) in [6.07, 6.45) is 1.58. The Bertz CT molecular complexity index is 597. The van der Waals surface area contributed by atoms with E-state index in [2.05, 4.69) is 5.10 Å². The predicted molar refractivity (Wildman–Crippen MR) is 72.0 cm³/mol. The SMILES string of the molecule is CCCc1nn(-c2ccc(F)cc2F)c(Cl)c1CCl. The second kappa shape index (κ2) is 5.88. The van der Waals surface area contributed by atoms with Gasteiger partial charge < -0.3 is 0 Å². The first-order valence-corrected chi connectivity index (χ1v) is 6.77. The van der Waals surface area contributed by atoms with Gasteiger partial charge in [-0.05, 0) is 18.6 Å². The normalized spacial score (nSPS) is 11.0. The maximum atomic E-state index is 13.8. The summed E-state index contributed by atoms with van der Waals surface area (Å²) in [6, 6.07) is 3.26. The van der Waals surface area contributed by atoms with Crippen molar-refractivity contribution in [3.05, 3.63) is 46.2 Å². The molecule has 0 N–H and O–H groups in total. The molecule has 0 aliphatic heterocycles. The van der Waals surface area contributed by atoms with Crippen LogP contribution in [0, 0.1) is 11.6 Å². The molecule has 2 aromatic rings. The molecule has 102 valence electrons. The van der Waals surface area contributed by atoms with Crippen molar-refractivity contribution in [2.45, 2.75) is 25.6 Å². The molecule has 0 bridgehead atoms. The second-order valence-electron chi connectivity index (χ2n) is 4.11. The van der Waals surface area contributed by atoms with Gasteiger partial charge in [0, 0.05) is 11.6 Å². The van der Waals surface area contributed by atoms with E-state index in [1.165, 1.54) is 10.7 Å². The molecule has 0 saturated carbocycles. The van der Waals surface area contributed by atoms with Crippen molar-refractivity contribution >= 4 is 23.2 Å². The lowest BCUT2D eigenvalue weighted by Crippen LogP contribution is -2.01. The highest BCUT2D eigenvalue weighted by Gasteiger charge is 2.18. The topological polar surface area (TPSA) is 17.8 Å². The Morgan fingerprint density at radius 3 is 2.63 bits per heavy atom. The van der Waals surface area contributed by atoms with Crippen LogP contribution in [0.5, 0.6) is 0 Å². The van der Waals surface area contributed by atoms with E-state index < -0.39 is 11.6 Å². The third-order valence-electron chi connectivity index (χ3n) is 2.76. The molecule has 0 saturated heterocycles. The zero-order valence-corrected chi connectivity index (χ0v) is 11.8. The fourth-order valence-electron chi connectivity index (χ4n) is 1.85. The van der Waals surface area contributed by atoms with E-state index in [0.29, 0.717) is 12.0 Å². The molecule has 0 aliphatic carbocycles. The highest BCUT2D eigenvalue weighted by atomic mass is 35.5. The van der Waals surface area contributed by atoms with Crippen LogP contribution in [-0.4, -0.2) is 9.78 Å². The van der Waals surface area contributed by atoms with Crippen molar-refractivity contribution in [1.29, 1.82) is 0 Å². The Kier molecular flexibility index (Phi) is 4.42. The van der Waals surface area contributed by atoms with Crippen LogP contribution in [0.4, 0.5) is 8.78 Å². The summed E-state index contributed by atoms with van der Waals surface area (Å²) >= 11 is 12.0. The van der Waals surface area contributed by atoms with E-state index in [1.54, 1.807) is 0 Å². The molecular formula is C13H12Cl2F2N2. The zero-order chi connectivity index (χ0) is 14.0. The molecule has 19 heavy (non-hydrogen) atoms. The number of aryl methyl sites for hydroxylation is 1. The average molecular weight is 305 g/mol. The van der Waals surface area contributed by atoms with Crippen LogP contribution in [-0.2, 0) is 12.3 Å². The molecule has 0 fully saturated rings. The van der Waals surface area contributed by atoms with E-state index in [1.807, 2.05) is 6.92 Å². The third kappa shape index (κ3) is 2.74. The summed E-state index contributed by atoms with van der Waals surface area (Å²) < 4.78 is 27.9. The molecule has 0 radical (unpaired) electrons. The van der Waals surface area contributed by atoms with Gasteiger partial charge in [-0.25, -0.2) is 13.5 Å². The van der Waals surface area contributed by atoms with Crippen molar-refractivity contribution in [3.63, 3.8) is 0 Å². The maximum Gasteiger partial charge on any atom is 0.151 e. The standard InChI is InChI=1S/C13H12Cl2F2N2/c1-2-3-11-9(7-14)13(15)19(18-11)12-5-4-8(16)6-10(12)17/h4-6H,2-3,7H2,1H3. The summed E-state index contributed by atoms with van der Waals surface area (Å²) in [6.45, 7) is 2.00.